The van der Waals surface area contributed by atoms with Crippen LogP contribution in [0, 0.1) is 5.92 Å². The van der Waals surface area contributed by atoms with Crippen LogP contribution in [-0.4, -0.2) is 12.5 Å². The molecule has 0 spiro atoms. The highest BCUT2D eigenvalue weighted by molar-refractivity contribution is 5.76. The molecule has 2 heteroatoms. The van der Waals surface area contributed by atoms with Crippen LogP contribution in [0.2, 0.25) is 0 Å². The summed E-state index contributed by atoms with van der Waals surface area (Å²) in [6, 6.07) is 0. The molecule has 0 bridgehead atoms. The maximum absolute atomic E-state index is 10.8. The van der Waals surface area contributed by atoms with Gasteiger partial charge in [0, 0.05) is 13.0 Å². The molecule has 1 N–H and O–H groups in total. The van der Waals surface area contributed by atoms with Crippen molar-refractivity contribution in [3.63, 3.8) is 0 Å². The Morgan fingerprint density at radius 1 is 1.67 bits per heavy atom. The van der Waals surface area contributed by atoms with E-state index in [1.807, 2.05) is 6.92 Å². The molecule has 0 aromatic carbocycles. The van der Waals surface area contributed by atoms with Gasteiger partial charge in [-0.2, -0.15) is 0 Å². The highest BCUT2D eigenvalue weighted by Crippen LogP contribution is 2.31. The number of amides is 1. The van der Waals surface area contributed by atoms with Gasteiger partial charge < -0.3 is 5.32 Å². The second-order valence-corrected chi connectivity index (χ2v) is 2.60. The predicted octanol–water partition coefficient (Wildman–Crippen LogP) is 0.923. The van der Waals surface area contributed by atoms with Gasteiger partial charge in [0.25, 0.3) is 0 Å². The molecule has 1 amide bonds. The van der Waals surface area contributed by atoms with E-state index in [0.717, 1.165) is 18.9 Å². The average molecular weight is 127 g/mol. The lowest BCUT2D eigenvalue weighted by molar-refractivity contribution is -0.121. The third kappa shape index (κ3) is 2.49. The average Bonchev–Trinajstić information content (AvgIpc) is 2.50. The molecule has 9 heavy (non-hydrogen) atoms. The van der Waals surface area contributed by atoms with Crippen LogP contribution in [0.15, 0.2) is 0 Å². The molecule has 1 fully saturated rings. The van der Waals surface area contributed by atoms with Crippen LogP contribution in [0.5, 0.6) is 0 Å². The van der Waals surface area contributed by atoms with Crippen molar-refractivity contribution in [2.24, 2.45) is 5.92 Å². The standard InChI is InChI=1S/C7H13NO/c1-2-8-7(9)5-6-3-4-6/h6H,2-5H2,1H3,(H,8,9). The molecule has 0 radical (unpaired) electrons. The summed E-state index contributed by atoms with van der Waals surface area (Å²) in [6.45, 7) is 2.72. The first-order chi connectivity index (χ1) is 4.33. The minimum atomic E-state index is 0.222. The highest BCUT2D eigenvalue weighted by Gasteiger charge is 2.23. The summed E-state index contributed by atoms with van der Waals surface area (Å²) in [7, 11) is 0. The van der Waals surface area contributed by atoms with E-state index in [0.29, 0.717) is 0 Å². The molecular formula is C7H13NO. The van der Waals surface area contributed by atoms with Gasteiger partial charge in [-0.3, -0.25) is 4.79 Å². The zero-order valence-electron chi connectivity index (χ0n) is 5.81. The second-order valence-electron chi connectivity index (χ2n) is 2.60. The number of carbonyl (C=O) groups excluding carboxylic acids is 1. The Hall–Kier alpha value is -0.530. The van der Waals surface area contributed by atoms with E-state index < -0.39 is 0 Å². The molecule has 1 rings (SSSR count). The number of hydrogen-bond acceptors (Lipinski definition) is 1. The van der Waals surface area contributed by atoms with Crippen LogP contribution in [0.1, 0.15) is 26.2 Å². The van der Waals surface area contributed by atoms with E-state index in [1.165, 1.54) is 12.8 Å². The van der Waals surface area contributed by atoms with Crippen molar-refractivity contribution < 1.29 is 4.79 Å². The Kier molecular flexibility index (Phi) is 2.09. The van der Waals surface area contributed by atoms with Crippen molar-refractivity contribution in [1.29, 1.82) is 0 Å². The van der Waals surface area contributed by atoms with Crippen LogP contribution in [0.3, 0.4) is 0 Å². The fourth-order valence-corrected chi connectivity index (χ4v) is 0.854. The van der Waals surface area contributed by atoms with Crippen LogP contribution in [-0.2, 0) is 4.79 Å². The Balaban J connectivity index is 2.02. The minimum Gasteiger partial charge on any atom is -0.356 e. The molecule has 1 saturated carbocycles. The van der Waals surface area contributed by atoms with Crippen LogP contribution in [0.25, 0.3) is 0 Å². The summed E-state index contributed by atoms with van der Waals surface area (Å²) in [5.74, 6) is 0.941. The van der Waals surface area contributed by atoms with Crippen molar-refractivity contribution in [2.45, 2.75) is 26.2 Å². The third-order valence-electron chi connectivity index (χ3n) is 1.54. The zero-order valence-corrected chi connectivity index (χ0v) is 5.81. The first-order valence-corrected chi connectivity index (χ1v) is 3.59. The van der Waals surface area contributed by atoms with Crippen LogP contribution < -0.4 is 5.32 Å². The summed E-state index contributed by atoms with van der Waals surface area (Å²) in [6.07, 6.45) is 3.28. The summed E-state index contributed by atoms with van der Waals surface area (Å²) >= 11 is 0. The smallest absolute Gasteiger partial charge is 0.220 e. The quantitative estimate of drug-likeness (QED) is 0.600. The lowest BCUT2D eigenvalue weighted by Gasteiger charge is -1.97. The van der Waals surface area contributed by atoms with Crippen molar-refractivity contribution in [2.75, 3.05) is 6.54 Å². The second kappa shape index (κ2) is 2.85. The van der Waals surface area contributed by atoms with E-state index in [9.17, 15) is 4.79 Å². The van der Waals surface area contributed by atoms with Gasteiger partial charge in [-0.15, -0.1) is 0 Å². The number of carbonyl (C=O) groups is 1. The van der Waals surface area contributed by atoms with Gasteiger partial charge in [-0.1, -0.05) is 0 Å². The Morgan fingerprint density at radius 3 is 2.78 bits per heavy atom. The van der Waals surface area contributed by atoms with Crippen LogP contribution in [0.4, 0.5) is 0 Å². The van der Waals surface area contributed by atoms with E-state index in [-0.39, 0.29) is 5.91 Å². The molecule has 0 saturated heterocycles. The minimum absolute atomic E-state index is 0.222. The maximum Gasteiger partial charge on any atom is 0.220 e. The topological polar surface area (TPSA) is 29.1 Å². The van der Waals surface area contributed by atoms with Crippen LogP contribution >= 0.6 is 0 Å². The molecule has 0 heterocycles. The Bertz CT molecular complexity index is 107. The summed E-state index contributed by atoms with van der Waals surface area (Å²) in [5.41, 5.74) is 0. The van der Waals surface area contributed by atoms with E-state index in [1.54, 1.807) is 0 Å². The van der Waals surface area contributed by atoms with Gasteiger partial charge in [0.05, 0.1) is 0 Å². The van der Waals surface area contributed by atoms with Gasteiger partial charge in [-0.25, -0.2) is 0 Å². The monoisotopic (exact) mass is 127 g/mol. The van der Waals surface area contributed by atoms with E-state index >= 15 is 0 Å². The fourth-order valence-electron chi connectivity index (χ4n) is 0.854. The highest BCUT2D eigenvalue weighted by atomic mass is 16.1. The first kappa shape index (κ1) is 6.59. The molecule has 0 aromatic rings. The first-order valence-electron chi connectivity index (χ1n) is 3.59. The maximum atomic E-state index is 10.8. The number of rotatable bonds is 3. The summed E-state index contributed by atoms with van der Waals surface area (Å²) in [4.78, 5) is 10.8. The van der Waals surface area contributed by atoms with Crippen molar-refractivity contribution in [3.05, 3.63) is 0 Å². The van der Waals surface area contributed by atoms with Gasteiger partial charge in [0.15, 0.2) is 0 Å². The molecular weight excluding hydrogens is 114 g/mol. The number of nitrogens with one attached hydrogen (secondary N) is 1. The summed E-state index contributed by atoms with van der Waals surface area (Å²) in [5, 5.41) is 2.78. The summed E-state index contributed by atoms with van der Waals surface area (Å²) < 4.78 is 0. The zero-order chi connectivity index (χ0) is 6.69. The molecule has 2 nitrogen and oxygen atoms in total. The van der Waals surface area contributed by atoms with E-state index in [2.05, 4.69) is 5.32 Å². The molecule has 52 valence electrons. The number of hydrogen-bond donors (Lipinski definition) is 1. The molecule has 1 aliphatic carbocycles. The van der Waals surface area contributed by atoms with Crippen molar-refractivity contribution in [3.8, 4) is 0 Å². The lowest BCUT2D eigenvalue weighted by atomic mass is 10.3. The molecule has 0 atom stereocenters. The predicted molar refractivity (Wildman–Crippen MR) is 36.0 cm³/mol. The van der Waals surface area contributed by atoms with E-state index in [4.69, 9.17) is 0 Å². The largest absolute Gasteiger partial charge is 0.356 e. The SMILES string of the molecule is CCNC(=O)CC1CC1. The van der Waals surface area contributed by atoms with Gasteiger partial charge in [-0.05, 0) is 25.7 Å². The van der Waals surface area contributed by atoms with Crippen molar-refractivity contribution in [1.82, 2.24) is 5.32 Å². The molecule has 1 aliphatic rings. The Morgan fingerprint density at radius 2 is 2.33 bits per heavy atom. The van der Waals surface area contributed by atoms with Crippen molar-refractivity contribution >= 4 is 5.91 Å². The molecule has 0 aliphatic heterocycles. The molecule has 0 aromatic heterocycles. The third-order valence-corrected chi connectivity index (χ3v) is 1.54. The normalized spacial score (nSPS) is 17.4. The van der Waals surface area contributed by atoms with Gasteiger partial charge in [0.1, 0.15) is 0 Å². The van der Waals surface area contributed by atoms with Gasteiger partial charge in [0.2, 0.25) is 5.91 Å². The van der Waals surface area contributed by atoms with Gasteiger partial charge >= 0.3 is 0 Å². The Labute approximate surface area is 55.6 Å². The fraction of sp³-hybridized carbons (Fsp3) is 0.857. The lowest BCUT2D eigenvalue weighted by Crippen LogP contribution is -2.22. The molecule has 0 unspecified atom stereocenters.